The SMILES string of the molecule is Cc1ccsc1CNC1CCOc2ccc(Br)cc21. The van der Waals surface area contributed by atoms with Crippen molar-refractivity contribution in [1.82, 2.24) is 5.32 Å². The van der Waals surface area contributed by atoms with Crippen LogP contribution in [-0.2, 0) is 6.54 Å². The van der Waals surface area contributed by atoms with Crippen LogP contribution in [0.3, 0.4) is 0 Å². The molecule has 1 aliphatic heterocycles. The maximum atomic E-state index is 5.71. The van der Waals surface area contributed by atoms with Crippen molar-refractivity contribution in [3.05, 3.63) is 50.1 Å². The van der Waals surface area contributed by atoms with Crippen molar-refractivity contribution < 1.29 is 4.74 Å². The van der Waals surface area contributed by atoms with Gasteiger partial charge in [0, 0.05) is 33.9 Å². The van der Waals surface area contributed by atoms with E-state index in [0.29, 0.717) is 6.04 Å². The molecule has 3 rings (SSSR count). The van der Waals surface area contributed by atoms with E-state index < -0.39 is 0 Å². The maximum absolute atomic E-state index is 5.71. The van der Waals surface area contributed by atoms with Crippen molar-refractivity contribution in [1.29, 1.82) is 0 Å². The summed E-state index contributed by atoms with van der Waals surface area (Å²) in [5, 5.41) is 5.81. The Kier molecular flexibility index (Phi) is 3.91. The second kappa shape index (κ2) is 5.65. The lowest BCUT2D eigenvalue weighted by Gasteiger charge is -2.27. The van der Waals surface area contributed by atoms with Gasteiger partial charge >= 0.3 is 0 Å². The Morgan fingerprint density at radius 1 is 1.42 bits per heavy atom. The van der Waals surface area contributed by atoms with Crippen LogP contribution in [-0.4, -0.2) is 6.61 Å². The molecular formula is C15H16BrNOS. The number of thiophene rings is 1. The molecule has 0 fully saturated rings. The standard InChI is InChI=1S/C15H16BrNOS/c1-10-5-7-19-15(10)9-17-13-4-6-18-14-3-2-11(16)8-12(13)14/h2-3,5,7-8,13,17H,4,6,9H2,1H3. The van der Waals surface area contributed by atoms with E-state index in [1.54, 1.807) is 0 Å². The number of nitrogens with one attached hydrogen (secondary N) is 1. The first-order valence-corrected chi connectivity index (χ1v) is 8.10. The Hall–Kier alpha value is -0.840. The highest BCUT2D eigenvalue weighted by molar-refractivity contribution is 9.10. The molecule has 2 aromatic rings. The molecule has 4 heteroatoms. The Balaban J connectivity index is 1.76. The molecule has 1 aromatic carbocycles. The average Bonchev–Trinajstić information content (AvgIpc) is 2.82. The Bertz CT molecular complexity index is 581. The van der Waals surface area contributed by atoms with Crippen LogP contribution in [0.15, 0.2) is 34.1 Å². The van der Waals surface area contributed by atoms with Gasteiger partial charge in [0.25, 0.3) is 0 Å². The molecule has 2 nitrogen and oxygen atoms in total. The maximum Gasteiger partial charge on any atom is 0.124 e. The summed E-state index contributed by atoms with van der Waals surface area (Å²) < 4.78 is 6.82. The van der Waals surface area contributed by atoms with Gasteiger partial charge in [-0.15, -0.1) is 11.3 Å². The van der Waals surface area contributed by atoms with E-state index in [-0.39, 0.29) is 0 Å². The molecule has 1 unspecified atom stereocenters. The van der Waals surface area contributed by atoms with Crippen LogP contribution in [0, 0.1) is 6.92 Å². The molecule has 0 saturated heterocycles. The first kappa shape index (κ1) is 13.2. The minimum Gasteiger partial charge on any atom is -0.493 e. The average molecular weight is 338 g/mol. The highest BCUT2D eigenvalue weighted by atomic mass is 79.9. The van der Waals surface area contributed by atoms with Crippen LogP contribution in [0.2, 0.25) is 0 Å². The summed E-state index contributed by atoms with van der Waals surface area (Å²) in [6.45, 7) is 3.89. The second-order valence-electron chi connectivity index (χ2n) is 4.78. The molecule has 2 heterocycles. The molecule has 0 radical (unpaired) electrons. The third kappa shape index (κ3) is 2.86. The second-order valence-corrected chi connectivity index (χ2v) is 6.70. The molecule has 100 valence electrons. The van der Waals surface area contributed by atoms with Crippen LogP contribution >= 0.6 is 27.3 Å². The number of halogens is 1. The zero-order valence-corrected chi connectivity index (χ0v) is 13.2. The first-order valence-electron chi connectivity index (χ1n) is 6.42. The lowest BCUT2D eigenvalue weighted by atomic mass is 10.0. The van der Waals surface area contributed by atoms with Gasteiger partial charge < -0.3 is 10.1 Å². The van der Waals surface area contributed by atoms with Gasteiger partial charge in [-0.2, -0.15) is 0 Å². The van der Waals surface area contributed by atoms with Crippen LogP contribution in [0.4, 0.5) is 0 Å². The molecule has 1 N–H and O–H groups in total. The molecule has 19 heavy (non-hydrogen) atoms. The smallest absolute Gasteiger partial charge is 0.124 e. The van der Waals surface area contributed by atoms with Gasteiger partial charge in [0.2, 0.25) is 0 Å². The molecule has 0 aliphatic carbocycles. The number of benzene rings is 1. The van der Waals surface area contributed by atoms with Crippen LogP contribution < -0.4 is 10.1 Å². The zero-order valence-electron chi connectivity index (χ0n) is 10.8. The van der Waals surface area contributed by atoms with Crippen molar-refractivity contribution in [2.45, 2.75) is 25.9 Å². The molecule has 1 aliphatic rings. The molecule has 1 atom stereocenters. The largest absolute Gasteiger partial charge is 0.493 e. The third-order valence-corrected chi connectivity index (χ3v) is 5.00. The van der Waals surface area contributed by atoms with Crippen molar-refractivity contribution in [2.75, 3.05) is 6.61 Å². The van der Waals surface area contributed by atoms with E-state index in [9.17, 15) is 0 Å². The number of hydrogen-bond donors (Lipinski definition) is 1. The van der Waals surface area contributed by atoms with E-state index in [1.165, 1.54) is 16.0 Å². The lowest BCUT2D eigenvalue weighted by molar-refractivity contribution is 0.252. The Labute approximate surface area is 125 Å². The summed E-state index contributed by atoms with van der Waals surface area (Å²) in [6.07, 6.45) is 1.02. The van der Waals surface area contributed by atoms with E-state index in [1.807, 2.05) is 23.5 Å². The first-order chi connectivity index (χ1) is 9.24. The number of rotatable bonds is 3. The topological polar surface area (TPSA) is 21.3 Å². The minimum absolute atomic E-state index is 0.378. The van der Waals surface area contributed by atoms with Gasteiger partial charge in [-0.3, -0.25) is 0 Å². The summed E-state index contributed by atoms with van der Waals surface area (Å²) >= 11 is 5.36. The third-order valence-electron chi connectivity index (χ3n) is 3.49. The highest BCUT2D eigenvalue weighted by Crippen LogP contribution is 2.34. The number of fused-ring (bicyclic) bond motifs is 1. The molecular weight excluding hydrogens is 322 g/mol. The fourth-order valence-corrected chi connectivity index (χ4v) is 3.61. The van der Waals surface area contributed by atoms with Gasteiger partial charge in [0.15, 0.2) is 0 Å². The number of aryl methyl sites for hydroxylation is 1. The predicted molar refractivity (Wildman–Crippen MR) is 82.9 cm³/mol. The Morgan fingerprint density at radius 3 is 3.11 bits per heavy atom. The van der Waals surface area contributed by atoms with Crippen molar-refractivity contribution in [3.8, 4) is 5.75 Å². The van der Waals surface area contributed by atoms with Crippen LogP contribution in [0.25, 0.3) is 0 Å². The van der Waals surface area contributed by atoms with Crippen LogP contribution in [0.5, 0.6) is 5.75 Å². The fourth-order valence-electron chi connectivity index (χ4n) is 2.38. The van der Waals surface area contributed by atoms with Crippen molar-refractivity contribution >= 4 is 27.3 Å². The van der Waals surface area contributed by atoms with E-state index >= 15 is 0 Å². The van der Waals surface area contributed by atoms with E-state index in [2.05, 4.69) is 45.7 Å². The summed E-state index contributed by atoms with van der Waals surface area (Å²) in [5.74, 6) is 1.01. The molecule has 0 spiro atoms. The Morgan fingerprint density at radius 2 is 2.32 bits per heavy atom. The lowest BCUT2D eigenvalue weighted by Crippen LogP contribution is -2.26. The van der Waals surface area contributed by atoms with Gasteiger partial charge in [0.1, 0.15) is 5.75 Å². The van der Waals surface area contributed by atoms with Gasteiger partial charge in [-0.05, 0) is 42.1 Å². The number of ether oxygens (including phenoxy) is 1. The summed E-state index contributed by atoms with van der Waals surface area (Å²) in [4.78, 5) is 1.42. The molecule has 1 aromatic heterocycles. The van der Waals surface area contributed by atoms with Crippen molar-refractivity contribution in [3.63, 3.8) is 0 Å². The highest BCUT2D eigenvalue weighted by Gasteiger charge is 2.21. The van der Waals surface area contributed by atoms with Crippen molar-refractivity contribution in [2.24, 2.45) is 0 Å². The molecule has 0 bridgehead atoms. The molecule has 0 amide bonds. The van der Waals surface area contributed by atoms with E-state index in [4.69, 9.17) is 4.74 Å². The monoisotopic (exact) mass is 337 g/mol. The molecule has 0 saturated carbocycles. The fraction of sp³-hybridized carbons (Fsp3) is 0.333. The summed E-state index contributed by atoms with van der Waals surface area (Å²) in [7, 11) is 0. The zero-order chi connectivity index (χ0) is 13.2. The quantitative estimate of drug-likeness (QED) is 0.894. The van der Waals surface area contributed by atoms with Gasteiger partial charge in [0.05, 0.1) is 6.61 Å². The predicted octanol–water partition coefficient (Wildman–Crippen LogP) is 4.43. The van der Waals surface area contributed by atoms with E-state index in [0.717, 1.165) is 29.8 Å². The summed E-state index contributed by atoms with van der Waals surface area (Å²) in [6, 6.07) is 8.79. The van der Waals surface area contributed by atoms with Gasteiger partial charge in [-0.1, -0.05) is 15.9 Å². The number of hydrogen-bond acceptors (Lipinski definition) is 3. The minimum atomic E-state index is 0.378. The summed E-state index contributed by atoms with van der Waals surface area (Å²) in [5.41, 5.74) is 2.63. The van der Waals surface area contributed by atoms with Gasteiger partial charge in [-0.25, -0.2) is 0 Å². The van der Waals surface area contributed by atoms with Crippen LogP contribution in [0.1, 0.15) is 28.5 Å². The normalized spacial score (nSPS) is 17.9.